The molecule has 0 unspecified atom stereocenters. The lowest BCUT2D eigenvalue weighted by atomic mass is 10.1. The Morgan fingerprint density at radius 1 is 1.20 bits per heavy atom. The Bertz CT molecular complexity index is 1060. The van der Waals surface area contributed by atoms with Gasteiger partial charge in [-0.05, 0) is 42.3 Å². The van der Waals surface area contributed by atoms with Crippen molar-refractivity contribution in [2.45, 2.75) is 33.2 Å². The van der Waals surface area contributed by atoms with Crippen LogP contribution in [-0.4, -0.2) is 29.6 Å². The van der Waals surface area contributed by atoms with E-state index in [1.54, 1.807) is 32.1 Å². The summed E-state index contributed by atoms with van der Waals surface area (Å²) in [5, 5.41) is 2.73. The van der Waals surface area contributed by atoms with Gasteiger partial charge < -0.3 is 10.2 Å². The molecule has 30 heavy (non-hydrogen) atoms. The lowest BCUT2D eigenvalue weighted by molar-refractivity contribution is -0.118. The lowest BCUT2D eigenvalue weighted by Crippen LogP contribution is -2.26. The number of nitrogens with one attached hydrogen (secondary N) is 1. The van der Waals surface area contributed by atoms with E-state index in [0.29, 0.717) is 29.0 Å². The summed E-state index contributed by atoms with van der Waals surface area (Å²) in [5.74, 6) is -1.67. The first-order valence-corrected chi connectivity index (χ1v) is 9.54. The van der Waals surface area contributed by atoms with Crippen LogP contribution in [0.5, 0.6) is 0 Å². The summed E-state index contributed by atoms with van der Waals surface area (Å²) in [5.41, 5.74) is 2.75. The number of carbonyl (C=O) groups is 2. The summed E-state index contributed by atoms with van der Waals surface area (Å²) >= 11 is 0. The second kappa shape index (κ2) is 8.94. The number of anilines is 1. The van der Waals surface area contributed by atoms with E-state index in [1.807, 2.05) is 0 Å². The van der Waals surface area contributed by atoms with E-state index in [2.05, 4.69) is 15.3 Å². The van der Waals surface area contributed by atoms with Crippen molar-refractivity contribution in [3.63, 3.8) is 0 Å². The molecule has 6 nitrogen and oxygen atoms in total. The van der Waals surface area contributed by atoms with E-state index in [4.69, 9.17) is 0 Å². The molecular formula is C22H22F2N4O2. The number of benzene rings is 1. The van der Waals surface area contributed by atoms with E-state index in [1.165, 1.54) is 30.1 Å². The third-order valence-corrected chi connectivity index (χ3v) is 4.90. The average molecular weight is 412 g/mol. The Labute approximate surface area is 173 Å². The third kappa shape index (κ3) is 4.59. The molecule has 3 rings (SSSR count). The number of amides is 2. The van der Waals surface area contributed by atoms with Crippen molar-refractivity contribution in [1.29, 1.82) is 0 Å². The number of allylic oxidation sites excluding steroid dienone is 1. The predicted molar refractivity (Wildman–Crippen MR) is 110 cm³/mol. The minimum Gasteiger partial charge on any atom is -0.347 e. The lowest BCUT2D eigenvalue weighted by Gasteiger charge is -2.17. The van der Waals surface area contributed by atoms with Crippen LogP contribution in [0.15, 0.2) is 47.1 Å². The topological polar surface area (TPSA) is 74.7 Å². The molecule has 1 aliphatic heterocycles. The van der Waals surface area contributed by atoms with Crippen molar-refractivity contribution < 1.29 is 18.4 Å². The molecule has 0 aliphatic carbocycles. The first-order chi connectivity index (χ1) is 14.3. The highest BCUT2D eigenvalue weighted by molar-refractivity contribution is 6.08. The van der Waals surface area contributed by atoms with Crippen molar-refractivity contribution in [2.75, 3.05) is 11.9 Å². The standard InChI is InChI=1S/C22H22F2N4O2/c1-4-21(29)28(3)19-9-5-14(11-16(19)23)17-7-8-18(27-17)22(30)25-12-15-6-10-20(24)26-13(15)2/h5-6,8-11H,4,7,12H2,1-3H3,(H,25,30). The summed E-state index contributed by atoms with van der Waals surface area (Å²) < 4.78 is 27.6. The number of halogens is 2. The molecule has 8 heteroatoms. The Hall–Kier alpha value is -3.42. The van der Waals surface area contributed by atoms with Gasteiger partial charge in [-0.3, -0.25) is 9.59 Å². The Balaban J connectivity index is 1.68. The zero-order chi connectivity index (χ0) is 21.8. The molecule has 0 fully saturated rings. The second-order valence-electron chi connectivity index (χ2n) is 6.89. The molecule has 2 heterocycles. The summed E-state index contributed by atoms with van der Waals surface area (Å²) in [7, 11) is 1.53. The second-order valence-corrected chi connectivity index (χ2v) is 6.89. The highest BCUT2D eigenvalue weighted by Crippen LogP contribution is 2.23. The van der Waals surface area contributed by atoms with E-state index in [-0.39, 0.29) is 36.2 Å². The fourth-order valence-corrected chi connectivity index (χ4v) is 3.10. The van der Waals surface area contributed by atoms with Crippen LogP contribution in [0.25, 0.3) is 0 Å². The van der Waals surface area contributed by atoms with Gasteiger partial charge in [-0.1, -0.05) is 19.1 Å². The van der Waals surface area contributed by atoms with Gasteiger partial charge in [-0.15, -0.1) is 0 Å². The highest BCUT2D eigenvalue weighted by atomic mass is 19.1. The highest BCUT2D eigenvalue weighted by Gasteiger charge is 2.19. The molecule has 0 saturated carbocycles. The number of pyridine rings is 1. The van der Waals surface area contributed by atoms with E-state index in [9.17, 15) is 18.4 Å². The fourth-order valence-electron chi connectivity index (χ4n) is 3.10. The van der Waals surface area contributed by atoms with Crippen LogP contribution in [-0.2, 0) is 16.1 Å². The van der Waals surface area contributed by atoms with E-state index < -0.39 is 11.8 Å². The molecule has 2 aromatic rings. The van der Waals surface area contributed by atoms with Gasteiger partial charge in [0.2, 0.25) is 11.9 Å². The Morgan fingerprint density at radius 3 is 2.63 bits per heavy atom. The first kappa shape index (κ1) is 21.3. The van der Waals surface area contributed by atoms with Gasteiger partial charge in [0.05, 0.1) is 11.4 Å². The Kier molecular flexibility index (Phi) is 6.34. The monoisotopic (exact) mass is 412 g/mol. The maximum atomic E-state index is 14.5. The molecule has 0 saturated heterocycles. The average Bonchev–Trinajstić information content (AvgIpc) is 3.22. The zero-order valence-corrected chi connectivity index (χ0v) is 17.0. The van der Waals surface area contributed by atoms with Crippen molar-refractivity contribution in [2.24, 2.45) is 4.99 Å². The third-order valence-electron chi connectivity index (χ3n) is 4.90. The predicted octanol–water partition coefficient (Wildman–Crippen LogP) is 3.43. The number of hydrogen-bond donors (Lipinski definition) is 1. The summed E-state index contributed by atoms with van der Waals surface area (Å²) in [4.78, 5) is 33.5. The van der Waals surface area contributed by atoms with Crippen molar-refractivity contribution >= 4 is 23.2 Å². The Morgan fingerprint density at radius 2 is 1.97 bits per heavy atom. The van der Waals surface area contributed by atoms with Crippen LogP contribution in [0.4, 0.5) is 14.5 Å². The van der Waals surface area contributed by atoms with Gasteiger partial charge in [-0.2, -0.15) is 4.39 Å². The summed E-state index contributed by atoms with van der Waals surface area (Å²) in [6.45, 7) is 3.57. The summed E-state index contributed by atoms with van der Waals surface area (Å²) in [6, 6.07) is 7.33. The van der Waals surface area contributed by atoms with Crippen LogP contribution in [0.3, 0.4) is 0 Å². The maximum absolute atomic E-state index is 14.5. The van der Waals surface area contributed by atoms with Crippen molar-refractivity contribution in [1.82, 2.24) is 10.3 Å². The SMILES string of the molecule is CCC(=O)N(C)c1ccc(C2=NC(C(=O)NCc3ccc(F)nc3C)=CC2)cc1F. The number of nitrogens with zero attached hydrogens (tertiary/aromatic N) is 3. The van der Waals surface area contributed by atoms with Crippen LogP contribution in [0, 0.1) is 18.7 Å². The minimum absolute atomic E-state index is 0.188. The molecule has 0 spiro atoms. The van der Waals surface area contributed by atoms with Gasteiger partial charge in [0.15, 0.2) is 0 Å². The molecular weight excluding hydrogens is 390 g/mol. The first-order valence-electron chi connectivity index (χ1n) is 9.54. The van der Waals surface area contributed by atoms with Crippen LogP contribution < -0.4 is 10.2 Å². The largest absolute Gasteiger partial charge is 0.347 e. The fraction of sp³-hybridized carbons (Fsp3) is 0.273. The molecule has 0 radical (unpaired) electrons. The zero-order valence-electron chi connectivity index (χ0n) is 17.0. The van der Waals surface area contributed by atoms with E-state index >= 15 is 0 Å². The van der Waals surface area contributed by atoms with Crippen molar-refractivity contribution in [3.05, 3.63) is 70.7 Å². The van der Waals surface area contributed by atoms with Crippen LogP contribution >= 0.6 is 0 Å². The minimum atomic E-state index is -0.571. The number of aromatic nitrogens is 1. The molecule has 1 aromatic heterocycles. The molecule has 156 valence electrons. The molecule has 1 aromatic carbocycles. The van der Waals surface area contributed by atoms with Gasteiger partial charge >= 0.3 is 0 Å². The maximum Gasteiger partial charge on any atom is 0.269 e. The van der Waals surface area contributed by atoms with Gasteiger partial charge in [0.1, 0.15) is 11.5 Å². The quantitative estimate of drug-likeness (QED) is 0.739. The van der Waals surface area contributed by atoms with Crippen molar-refractivity contribution in [3.8, 4) is 0 Å². The molecule has 0 bridgehead atoms. The van der Waals surface area contributed by atoms with Crippen LogP contribution in [0.2, 0.25) is 0 Å². The number of rotatable bonds is 6. The normalized spacial score (nSPS) is 13.0. The number of aliphatic imine (C=N–C) groups is 1. The number of aryl methyl sites for hydroxylation is 1. The molecule has 1 aliphatic rings. The number of hydrogen-bond acceptors (Lipinski definition) is 4. The number of carbonyl (C=O) groups excluding carboxylic acids is 2. The van der Waals surface area contributed by atoms with Gasteiger partial charge in [0, 0.05) is 32.1 Å². The van der Waals surface area contributed by atoms with Gasteiger partial charge in [-0.25, -0.2) is 14.4 Å². The molecule has 1 N–H and O–H groups in total. The molecule has 2 amide bonds. The molecule has 0 atom stereocenters. The van der Waals surface area contributed by atoms with Crippen LogP contribution in [0.1, 0.15) is 36.6 Å². The smallest absolute Gasteiger partial charge is 0.269 e. The summed E-state index contributed by atoms with van der Waals surface area (Å²) in [6.07, 6.45) is 2.34. The van der Waals surface area contributed by atoms with E-state index in [0.717, 1.165) is 0 Å². The van der Waals surface area contributed by atoms with Gasteiger partial charge in [0.25, 0.3) is 5.91 Å².